The molecule has 10 heteroatoms. The fourth-order valence-electron chi connectivity index (χ4n) is 2.26. The van der Waals surface area contributed by atoms with E-state index in [0.717, 1.165) is 0 Å². The molecular formula is C12H12ClN5O3S. The number of hydrogen-bond donors (Lipinski definition) is 1. The second kappa shape index (κ2) is 5.34. The lowest BCUT2D eigenvalue weighted by Gasteiger charge is -2.26. The molecule has 0 unspecified atom stereocenters. The molecule has 0 fully saturated rings. The maximum Gasteiger partial charge on any atom is 0.248 e. The highest BCUT2D eigenvalue weighted by Crippen LogP contribution is 2.24. The van der Waals surface area contributed by atoms with Crippen molar-refractivity contribution < 1.29 is 13.2 Å². The van der Waals surface area contributed by atoms with Crippen LogP contribution in [0.1, 0.15) is 16.1 Å². The Labute approximate surface area is 131 Å². The lowest BCUT2D eigenvalue weighted by atomic mass is 10.2. The molecule has 0 saturated heterocycles. The smallest absolute Gasteiger partial charge is 0.248 e. The van der Waals surface area contributed by atoms with E-state index >= 15 is 0 Å². The van der Waals surface area contributed by atoms with Crippen molar-refractivity contribution >= 4 is 27.5 Å². The Morgan fingerprint density at radius 1 is 1.27 bits per heavy atom. The fourth-order valence-corrected chi connectivity index (χ4v) is 4.04. The first-order valence-corrected chi connectivity index (χ1v) is 8.17. The van der Waals surface area contributed by atoms with Gasteiger partial charge in [0, 0.05) is 17.1 Å². The SMILES string of the molecule is NC(=O)c1cc(Cl)cc(S(=O)(=O)N2CCn3nncc3C2)c1. The third kappa shape index (κ3) is 2.58. The lowest BCUT2D eigenvalue weighted by molar-refractivity contribution is 0.1000. The van der Waals surface area contributed by atoms with Crippen LogP contribution in [0.4, 0.5) is 0 Å². The number of carbonyl (C=O) groups excluding carboxylic acids is 1. The van der Waals surface area contributed by atoms with Crippen LogP contribution in [0.15, 0.2) is 29.3 Å². The third-order valence-electron chi connectivity index (χ3n) is 3.39. The molecule has 0 bridgehead atoms. The molecule has 2 heterocycles. The average Bonchev–Trinajstić information content (AvgIpc) is 2.93. The van der Waals surface area contributed by atoms with Crippen molar-refractivity contribution in [3.05, 3.63) is 40.7 Å². The number of benzene rings is 1. The van der Waals surface area contributed by atoms with Crippen molar-refractivity contribution in [2.75, 3.05) is 6.54 Å². The fraction of sp³-hybridized carbons (Fsp3) is 0.250. The minimum absolute atomic E-state index is 0.0507. The van der Waals surface area contributed by atoms with E-state index in [2.05, 4.69) is 10.3 Å². The van der Waals surface area contributed by atoms with Crippen molar-refractivity contribution in [1.29, 1.82) is 0 Å². The summed E-state index contributed by atoms with van der Waals surface area (Å²) in [6.45, 7) is 0.836. The number of nitrogens with two attached hydrogens (primary N) is 1. The van der Waals surface area contributed by atoms with Crippen molar-refractivity contribution in [2.24, 2.45) is 5.73 Å². The zero-order valence-electron chi connectivity index (χ0n) is 11.3. The molecule has 0 radical (unpaired) electrons. The predicted molar refractivity (Wildman–Crippen MR) is 77.6 cm³/mol. The minimum Gasteiger partial charge on any atom is -0.366 e. The number of aromatic nitrogens is 3. The normalized spacial score (nSPS) is 15.5. The standard InChI is InChI=1S/C12H12ClN5O3S/c13-9-3-8(12(14)19)4-11(5-9)22(20,21)17-1-2-18-10(7-17)6-15-16-18/h3-6H,1-2,7H2,(H2,14,19). The molecule has 2 aromatic rings. The van der Waals surface area contributed by atoms with E-state index in [0.29, 0.717) is 12.2 Å². The molecule has 0 atom stereocenters. The molecule has 0 aliphatic carbocycles. The van der Waals surface area contributed by atoms with Crippen molar-refractivity contribution in [3.63, 3.8) is 0 Å². The molecule has 3 rings (SSSR count). The molecule has 1 aromatic heterocycles. The number of amides is 1. The van der Waals surface area contributed by atoms with Crippen LogP contribution in [0.5, 0.6) is 0 Å². The maximum absolute atomic E-state index is 12.7. The Balaban J connectivity index is 1.99. The van der Waals surface area contributed by atoms with Gasteiger partial charge in [-0.3, -0.25) is 4.79 Å². The van der Waals surface area contributed by atoms with E-state index in [9.17, 15) is 13.2 Å². The van der Waals surface area contributed by atoms with E-state index < -0.39 is 15.9 Å². The van der Waals surface area contributed by atoms with E-state index in [-0.39, 0.29) is 28.6 Å². The molecule has 116 valence electrons. The number of halogens is 1. The Hall–Kier alpha value is -1.97. The van der Waals surface area contributed by atoms with Crippen LogP contribution in [-0.4, -0.2) is 40.2 Å². The molecule has 1 aliphatic rings. The summed E-state index contributed by atoms with van der Waals surface area (Å²) in [6, 6.07) is 3.86. The van der Waals surface area contributed by atoms with Crippen LogP contribution in [0.3, 0.4) is 0 Å². The Kier molecular flexibility index (Phi) is 3.63. The van der Waals surface area contributed by atoms with Crippen LogP contribution in [0, 0.1) is 0 Å². The number of nitrogens with zero attached hydrogens (tertiary/aromatic N) is 4. The zero-order chi connectivity index (χ0) is 15.9. The monoisotopic (exact) mass is 341 g/mol. The minimum atomic E-state index is -3.79. The van der Waals surface area contributed by atoms with Crippen LogP contribution in [-0.2, 0) is 23.1 Å². The van der Waals surface area contributed by atoms with Crippen molar-refractivity contribution in [1.82, 2.24) is 19.3 Å². The lowest BCUT2D eigenvalue weighted by Crippen LogP contribution is -2.38. The first kappa shape index (κ1) is 14.9. The van der Waals surface area contributed by atoms with E-state index in [1.54, 1.807) is 4.68 Å². The van der Waals surface area contributed by atoms with Gasteiger partial charge in [-0.25, -0.2) is 13.1 Å². The van der Waals surface area contributed by atoms with Gasteiger partial charge in [0.25, 0.3) is 0 Å². The highest BCUT2D eigenvalue weighted by atomic mass is 35.5. The summed E-state index contributed by atoms with van der Waals surface area (Å²) in [5, 5.41) is 7.75. The zero-order valence-corrected chi connectivity index (χ0v) is 12.9. The first-order chi connectivity index (χ1) is 10.4. The number of sulfonamides is 1. The number of carbonyl (C=O) groups is 1. The molecule has 8 nitrogen and oxygen atoms in total. The average molecular weight is 342 g/mol. The molecule has 22 heavy (non-hydrogen) atoms. The van der Waals surface area contributed by atoms with Crippen LogP contribution >= 0.6 is 11.6 Å². The Morgan fingerprint density at radius 2 is 2.05 bits per heavy atom. The third-order valence-corrected chi connectivity index (χ3v) is 5.43. The second-order valence-electron chi connectivity index (χ2n) is 4.83. The van der Waals surface area contributed by atoms with Gasteiger partial charge in [0.15, 0.2) is 0 Å². The largest absolute Gasteiger partial charge is 0.366 e. The number of hydrogen-bond acceptors (Lipinski definition) is 5. The van der Waals surface area contributed by atoms with Gasteiger partial charge in [0.05, 0.1) is 29.9 Å². The number of fused-ring (bicyclic) bond motifs is 1. The molecule has 1 amide bonds. The topological polar surface area (TPSA) is 111 Å². The second-order valence-corrected chi connectivity index (χ2v) is 7.20. The van der Waals surface area contributed by atoms with Gasteiger partial charge < -0.3 is 5.73 Å². The molecule has 0 spiro atoms. The van der Waals surface area contributed by atoms with Crippen LogP contribution in [0.25, 0.3) is 0 Å². The summed E-state index contributed by atoms with van der Waals surface area (Å²) < 4.78 is 28.4. The Morgan fingerprint density at radius 3 is 2.77 bits per heavy atom. The molecule has 1 aliphatic heterocycles. The Bertz CT molecular complexity index is 848. The van der Waals surface area contributed by atoms with Gasteiger partial charge >= 0.3 is 0 Å². The van der Waals surface area contributed by atoms with Gasteiger partial charge in [-0.05, 0) is 18.2 Å². The van der Waals surface area contributed by atoms with Gasteiger partial charge in [0.2, 0.25) is 15.9 Å². The number of rotatable bonds is 3. The van der Waals surface area contributed by atoms with Gasteiger partial charge in [-0.15, -0.1) is 5.10 Å². The van der Waals surface area contributed by atoms with Crippen molar-refractivity contribution in [3.8, 4) is 0 Å². The predicted octanol–water partition coefficient (Wildman–Crippen LogP) is 0.235. The highest BCUT2D eigenvalue weighted by molar-refractivity contribution is 7.89. The van der Waals surface area contributed by atoms with E-state index in [1.165, 1.54) is 28.7 Å². The maximum atomic E-state index is 12.7. The van der Waals surface area contributed by atoms with Crippen LogP contribution < -0.4 is 5.73 Å². The molecule has 2 N–H and O–H groups in total. The molecule has 0 saturated carbocycles. The number of primary amides is 1. The molecular weight excluding hydrogens is 330 g/mol. The summed E-state index contributed by atoms with van der Waals surface area (Å²) in [5.74, 6) is -0.736. The van der Waals surface area contributed by atoms with Gasteiger partial charge in [0.1, 0.15) is 0 Å². The quantitative estimate of drug-likeness (QED) is 0.859. The summed E-state index contributed by atoms with van der Waals surface area (Å²) >= 11 is 5.89. The summed E-state index contributed by atoms with van der Waals surface area (Å²) in [7, 11) is -3.79. The summed E-state index contributed by atoms with van der Waals surface area (Å²) in [5.41, 5.74) is 5.95. The van der Waals surface area contributed by atoms with Gasteiger partial charge in [-0.1, -0.05) is 16.8 Å². The van der Waals surface area contributed by atoms with E-state index in [1.807, 2.05) is 0 Å². The summed E-state index contributed by atoms with van der Waals surface area (Å²) in [6.07, 6.45) is 1.52. The first-order valence-electron chi connectivity index (χ1n) is 6.36. The van der Waals surface area contributed by atoms with E-state index in [4.69, 9.17) is 17.3 Å². The highest BCUT2D eigenvalue weighted by Gasteiger charge is 2.29. The van der Waals surface area contributed by atoms with Crippen molar-refractivity contribution in [2.45, 2.75) is 18.0 Å². The molecule has 1 aromatic carbocycles. The van der Waals surface area contributed by atoms with Gasteiger partial charge in [-0.2, -0.15) is 4.31 Å². The van der Waals surface area contributed by atoms with Crippen LogP contribution in [0.2, 0.25) is 5.02 Å². The summed E-state index contributed by atoms with van der Waals surface area (Å²) in [4.78, 5) is 11.2.